The minimum Gasteiger partial charge on any atom is -0.493 e. The number of carbonyl (C=O) groups is 1. The molecule has 0 saturated carbocycles. The van der Waals surface area contributed by atoms with Gasteiger partial charge in [0.25, 0.3) is 5.91 Å². The zero-order chi connectivity index (χ0) is 19.4. The van der Waals surface area contributed by atoms with Gasteiger partial charge in [-0.3, -0.25) is 10.1 Å². The molecular formula is C19H15BrN2O4S. The van der Waals surface area contributed by atoms with Gasteiger partial charge < -0.3 is 14.5 Å². The van der Waals surface area contributed by atoms with Crippen molar-refractivity contribution in [3.8, 4) is 5.75 Å². The maximum Gasteiger partial charge on any atom is 0.336 e. The number of carbonyl (C=O) groups excluding carboxylic acids is 1. The molecule has 0 aliphatic heterocycles. The molecule has 0 unspecified atom stereocenters. The number of anilines is 1. The van der Waals surface area contributed by atoms with Crippen LogP contribution in [-0.2, 0) is 0 Å². The number of fused-ring (bicyclic) bond motifs is 1. The molecule has 0 saturated heterocycles. The Hall–Kier alpha value is -2.71. The van der Waals surface area contributed by atoms with Crippen LogP contribution in [0.1, 0.15) is 17.3 Å². The second-order valence-electron chi connectivity index (χ2n) is 5.49. The second-order valence-corrected chi connectivity index (χ2v) is 6.76. The van der Waals surface area contributed by atoms with Crippen LogP contribution in [-0.4, -0.2) is 17.6 Å². The smallest absolute Gasteiger partial charge is 0.336 e. The maximum absolute atomic E-state index is 12.4. The first-order chi connectivity index (χ1) is 13.0. The number of halogens is 1. The van der Waals surface area contributed by atoms with E-state index in [0.29, 0.717) is 33.7 Å². The molecule has 2 N–H and O–H groups in total. The molecule has 0 atom stereocenters. The number of benzene rings is 2. The number of amides is 1. The van der Waals surface area contributed by atoms with E-state index in [1.165, 1.54) is 6.07 Å². The van der Waals surface area contributed by atoms with E-state index >= 15 is 0 Å². The Morgan fingerprint density at radius 3 is 2.74 bits per heavy atom. The minimum absolute atomic E-state index is 0.154. The lowest BCUT2D eigenvalue weighted by Gasteiger charge is -2.11. The van der Waals surface area contributed by atoms with Crippen LogP contribution in [0.2, 0.25) is 0 Å². The first kappa shape index (κ1) is 19.1. The molecule has 138 valence electrons. The third-order valence-corrected chi connectivity index (χ3v) is 4.42. The van der Waals surface area contributed by atoms with Crippen LogP contribution < -0.4 is 21.0 Å². The largest absolute Gasteiger partial charge is 0.493 e. The Kier molecular flexibility index (Phi) is 5.88. The average Bonchev–Trinajstić information content (AvgIpc) is 2.63. The minimum atomic E-state index is -0.410. The van der Waals surface area contributed by atoms with Crippen LogP contribution in [0.4, 0.5) is 5.69 Å². The van der Waals surface area contributed by atoms with Gasteiger partial charge in [0.05, 0.1) is 11.1 Å². The van der Waals surface area contributed by atoms with Crippen molar-refractivity contribution in [1.82, 2.24) is 5.32 Å². The topological polar surface area (TPSA) is 80.6 Å². The number of thiocarbonyl (C=S) groups is 1. The van der Waals surface area contributed by atoms with Crippen LogP contribution in [0, 0.1) is 0 Å². The lowest BCUT2D eigenvalue weighted by Crippen LogP contribution is -2.34. The molecule has 0 bridgehead atoms. The highest BCUT2D eigenvalue weighted by Crippen LogP contribution is 2.26. The van der Waals surface area contributed by atoms with Gasteiger partial charge in [-0.2, -0.15) is 0 Å². The Morgan fingerprint density at radius 1 is 1.19 bits per heavy atom. The summed E-state index contributed by atoms with van der Waals surface area (Å²) in [5.41, 5.74) is 1.17. The van der Waals surface area contributed by atoms with Crippen molar-refractivity contribution in [3.05, 3.63) is 69.0 Å². The van der Waals surface area contributed by atoms with Crippen molar-refractivity contribution in [1.29, 1.82) is 0 Å². The monoisotopic (exact) mass is 446 g/mol. The van der Waals surface area contributed by atoms with E-state index in [4.69, 9.17) is 21.4 Å². The quantitative estimate of drug-likeness (QED) is 0.464. The molecule has 27 heavy (non-hydrogen) atoms. The summed E-state index contributed by atoms with van der Waals surface area (Å²) < 4.78 is 11.2. The fourth-order valence-electron chi connectivity index (χ4n) is 2.40. The third kappa shape index (κ3) is 4.72. The molecule has 1 aromatic heterocycles. The summed E-state index contributed by atoms with van der Waals surface area (Å²) in [5, 5.41) is 6.46. The molecular weight excluding hydrogens is 432 g/mol. The average molecular weight is 447 g/mol. The lowest BCUT2D eigenvalue weighted by atomic mass is 10.2. The Morgan fingerprint density at radius 2 is 2.00 bits per heavy atom. The van der Waals surface area contributed by atoms with Crippen molar-refractivity contribution in [3.63, 3.8) is 0 Å². The summed E-state index contributed by atoms with van der Waals surface area (Å²) in [7, 11) is 0. The van der Waals surface area contributed by atoms with Gasteiger partial charge in [-0.05, 0) is 77.5 Å². The van der Waals surface area contributed by atoms with Gasteiger partial charge >= 0.3 is 5.63 Å². The van der Waals surface area contributed by atoms with Gasteiger partial charge in [0.1, 0.15) is 11.3 Å². The second kappa shape index (κ2) is 8.32. The first-order valence-electron chi connectivity index (χ1n) is 8.05. The van der Waals surface area contributed by atoms with Gasteiger partial charge in [0.2, 0.25) is 0 Å². The summed E-state index contributed by atoms with van der Waals surface area (Å²) in [6, 6.07) is 13.2. The molecule has 1 amide bonds. The van der Waals surface area contributed by atoms with E-state index in [1.807, 2.05) is 6.92 Å². The van der Waals surface area contributed by atoms with Crippen LogP contribution >= 0.6 is 28.1 Å². The summed E-state index contributed by atoms with van der Waals surface area (Å²) in [4.78, 5) is 23.6. The zero-order valence-corrected chi connectivity index (χ0v) is 16.6. The fraction of sp³-hybridized carbons (Fsp3) is 0.105. The molecule has 0 spiro atoms. The number of hydrogen-bond acceptors (Lipinski definition) is 5. The van der Waals surface area contributed by atoms with E-state index in [-0.39, 0.29) is 11.0 Å². The normalized spacial score (nSPS) is 10.4. The van der Waals surface area contributed by atoms with E-state index in [1.54, 1.807) is 42.5 Å². The highest BCUT2D eigenvalue weighted by molar-refractivity contribution is 9.10. The number of ether oxygens (including phenoxy) is 1. The van der Waals surface area contributed by atoms with Crippen molar-refractivity contribution in [2.75, 3.05) is 11.9 Å². The maximum atomic E-state index is 12.4. The molecule has 2 aromatic carbocycles. The number of rotatable bonds is 4. The molecule has 3 rings (SSSR count). The molecule has 0 aliphatic carbocycles. The van der Waals surface area contributed by atoms with Gasteiger partial charge in [0, 0.05) is 22.7 Å². The first-order valence-corrected chi connectivity index (χ1v) is 9.25. The van der Waals surface area contributed by atoms with Gasteiger partial charge in [-0.1, -0.05) is 0 Å². The Labute approximate surface area is 168 Å². The molecule has 1 heterocycles. The van der Waals surface area contributed by atoms with E-state index in [0.717, 1.165) is 5.39 Å². The standard InChI is InChI=1S/C19H15BrN2O4S/c1-2-25-16-6-3-12(10-14(16)20)18(24)22-19(27)21-13-5-7-15-11(9-13)4-8-17(23)26-15/h3-10H,2H2,1H3,(H2,21,22,24,27). The van der Waals surface area contributed by atoms with Gasteiger partial charge in [-0.15, -0.1) is 0 Å². The molecule has 6 nitrogen and oxygen atoms in total. The highest BCUT2D eigenvalue weighted by atomic mass is 79.9. The van der Waals surface area contributed by atoms with Crippen molar-refractivity contribution in [2.45, 2.75) is 6.92 Å². The van der Waals surface area contributed by atoms with Crippen LogP contribution in [0.5, 0.6) is 5.75 Å². The van der Waals surface area contributed by atoms with Gasteiger partial charge in [-0.25, -0.2) is 4.79 Å². The number of nitrogens with one attached hydrogen (secondary N) is 2. The van der Waals surface area contributed by atoms with E-state index < -0.39 is 5.63 Å². The third-order valence-electron chi connectivity index (χ3n) is 3.60. The van der Waals surface area contributed by atoms with E-state index in [9.17, 15) is 9.59 Å². The fourth-order valence-corrected chi connectivity index (χ4v) is 3.11. The van der Waals surface area contributed by atoms with Gasteiger partial charge in [0.15, 0.2) is 5.11 Å². The van der Waals surface area contributed by atoms with E-state index in [2.05, 4.69) is 26.6 Å². The predicted molar refractivity (Wildman–Crippen MR) is 111 cm³/mol. The summed E-state index contributed by atoms with van der Waals surface area (Å²) in [6.07, 6.45) is 0. The Balaban J connectivity index is 1.68. The van der Waals surface area contributed by atoms with Crippen LogP contribution in [0.25, 0.3) is 11.0 Å². The van der Waals surface area contributed by atoms with Crippen molar-refractivity contribution < 1.29 is 13.9 Å². The van der Waals surface area contributed by atoms with Crippen LogP contribution in [0.3, 0.4) is 0 Å². The molecule has 0 fully saturated rings. The molecule has 3 aromatic rings. The van der Waals surface area contributed by atoms with Crippen molar-refractivity contribution >= 4 is 55.8 Å². The lowest BCUT2D eigenvalue weighted by molar-refractivity contribution is 0.0977. The predicted octanol–water partition coefficient (Wildman–Crippen LogP) is 4.08. The SMILES string of the molecule is CCOc1ccc(C(=O)NC(=S)Nc2ccc3oc(=O)ccc3c2)cc1Br. The number of hydrogen-bond donors (Lipinski definition) is 2. The van der Waals surface area contributed by atoms with Crippen molar-refractivity contribution in [2.24, 2.45) is 0 Å². The molecule has 0 aliphatic rings. The summed E-state index contributed by atoms with van der Waals surface area (Å²) >= 11 is 8.58. The zero-order valence-electron chi connectivity index (χ0n) is 14.2. The van der Waals surface area contributed by atoms with Crippen LogP contribution in [0.15, 0.2) is 62.2 Å². The summed E-state index contributed by atoms with van der Waals surface area (Å²) in [6.45, 7) is 2.42. The summed E-state index contributed by atoms with van der Waals surface area (Å²) in [5.74, 6) is 0.320. The molecule has 0 radical (unpaired) electrons. The molecule has 8 heteroatoms. The highest BCUT2D eigenvalue weighted by Gasteiger charge is 2.11. The Bertz CT molecular complexity index is 1080.